The highest BCUT2D eigenvalue weighted by molar-refractivity contribution is 6.11. The van der Waals surface area contributed by atoms with Crippen molar-refractivity contribution in [2.75, 3.05) is 0 Å². The monoisotopic (exact) mass is 333 g/mol. The molecule has 0 unspecified atom stereocenters. The average molecular weight is 333 g/mol. The van der Waals surface area contributed by atoms with Gasteiger partial charge in [0.15, 0.2) is 0 Å². The highest BCUT2D eigenvalue weighted by atomic mass is 14.7. The van der Waals surface area contributed by atoms with Gasteiger partial charge >= 0.3 is 0 Å². The maximum atomic E-state index is 4.67. The van der Waals surface area contributed by atoms with Crippen molar-refractivity contribution in [1.29, 1.82) is 0 Å². The number of aromatic nitrogens is 3. The topological polar surface area (TPSA) is 38.7 Å². The third kappa shape index (κ3) is 2.42. The summed E-state index contributed by atoms with van der Waals surface area (Å²) in [5.74, 6) is 0. The fourth-order valence-corrected chi connectivity index (χ4v) is 3.40. The Kier molecular flexibility index (Phi) is 3.42. The van der Waals surface area contributed by atoms with E-state index in [0.29, 0.717) is 0 Å². The summed E-state index contributed by atoms with van der Waals surface area (Å²) in [6.07, 6.45) is 5.49. The molecule has 0 saturated carbocycles. The molecule has 3 heteroatoms. The average Bonchev–Trinajstić information content (AvgIpc) is 2.74. The molecule has 0 saturated heterocycles. The Morgan fingerprint density at radius 2 is 1.35 bits per heavy atom. The fourth-order valence-electron chi connectivity index (χ4n) is 3.40. The van der Waals surface area contributed by atoms with E-state index < -0.39 is 0 Å². The lowest BCUT2D eigenvalue weighted by molar-refractivity contribution is 1.33. The zero-order valence-electron chi connectivity index (χ0n) is 14.0. The molecular weight excluding hydrogens is 318 g/mol. The second-order valence-electron chi connectivity index (χ2n) is 6.19. The van der Waals surface area contributed by atoms with Crippen LogP contribution in [0.4, 0.5) is 0 Å². The third-order valence-corrected chi connectivity index (χ3v) is 4.61. The maximum absolute atomic E-state index is 4.67. The van der Waals surface area contributed by atoms with Crippen molar-refractivity contribution in [1.82, 2.24) is 15.0 Å². The van der Waals surface area contributed by atoms with Crippen molar-refractivity contribution < 1.29 is 0 Å². The molecule has 0 aliphatic carbocycles. The molecule has 0 amide bonds. The summed E-state index contributed by atoms with van der Waals surface area (Å²) in [7, 11) is 0. The van der Waals surface area contributed by atoms with Gasteiger partial charge in [-0.15, -0.1) is 0 Å². The smallest absolute Gasteiger partial charge is 0.0787 e. The van der Waals surface area contributed by atoms with Gasteiger partial charge in [-0.1, -0.05) is 36.4 Å². The second-order valence-corrected chi connectivity index (χ2v) is 6.19. The highest BCUT2D eigenvalue weighted by Crippen LogP contribution is 2.34. The minimum atomic E-state index is 0.963. The van der Waals surface area contributed by atoms with Crippen LogP contribution in [-0.2, 0) is 0 Å². The van der Waals surface area contributed by atoms with Gasteiger partial charge in [-0.25, -0.2) is 0 Å². The number of rotatable bonds is 2. The highest BCUT2D eigenvalue weighted by Gasteiger charge is 2.11. The number of hydrogen-bond donors (Lipinski definition) is 0. The minimum Gasteiger partial charge on any atom is -0.256 e. The van der Waals surface area contributed by atoms with Crippen LogP contribution in [0.1, 0.15) is 0 Å². The van der Waals surface area contributed by atoms with Crippen molar-refractivity contribution in [3.63, 3.8) is 0 Å². The molecule has 0 bridgehead atoms. The standard InChI is InChI=1S/C23H15N3/c1-2-11-24-21(10-1)17-7-3-6-16(14-17)20-15-22-18(8-4-12-25-22)19-9-5-13-26-23(19)20/h1-15H. The van der Waals surface area contributed by atoms with Gasteiger partial charge in [0.25, 0.3) is 0 Å². The quantitative estimate of drug-likeness (QED) is 0.400. The first-order valence-electron chi connectivity index (χ1n) is 8.54. The van der Waals surface area contributed by atoms with Gasteiger partial charge < -0.3 is 0 Å². The summed E-state index contributed by atoms with van der Waals surface area (Å²) in [4.78, 5) is 13.7. The van der Waals surface area contributed by atoms with Gasteiger partial charge in [0, 0.05) is 40.5 Å². The molecule has 3 heterocycles. The molecule has 5 aromatic rings. The van der Waals surface area contributed by atoms with Crippen molar-refractivity contribution in [2.45, 2.75) is 0 Å². The Hall–Kier alpha value is -3.59. The normalized spacial score (nSPS) is 11.1. The zero-order valence-corrected chi connectivity index (χ0v) is 14.0. The largest absolute Gasteiger partial charge is 0.256 e. The summed E-state index contributed by atoms with van der Waals surface area (Å²) < 4.78 is 0. The summed E-state index contributed by atoms with van der Waals surface area (Å²) in [5.41, 5.74) is 6.23. The molecule has 0 fully saturated rings. The van der Waals surface area contributed by atoms with E-state index in [0.717, 1.165) is 44.2 Å². The molecule has 0 radical (unpaired) electrons. The minimum absolute atomic E-state index is 0.963. The molecule has 26 heavy (non-hydrogen) atoms. The Bertz CT molecular complexity index is 1230. The van der Waals surface area contributed by atoms with Gasteiger partial charge in [-0.3, -0.25) is 15.0 Å². The first kappa shape index (κ1) is 14.7. The van der Waals surface area contributed by atoms with Crippen molar-refractivity contribution >= 4 is 21.8 Å². The van der Waals surface area contributed by atoms with E-state index in [2.05, 4.69) is 57.4 Å². The van der Waals surface area contributed by atoms with Crippen molar-refractivity contribution in [3.8, 4) is 22.4 Å². The lowest BCUT2D eigenvalue weighted by Gasteiger charge is -2.10. The molecule has 3 aromatic heterocycles. The van der Waals surface area contributed by atoms with Gasteiger partial charge in [0.2, 0.25) is 0 Å². The molecule has 0 N–H and O–H groups in total. The van der Waals surface area contributed by atoms with Crippen molar-refractivity contribution in [3.05, 3.63) is 91.4 Å². The summed E-state index contributed by atoms with van der Waals surface area (Å²) in [6, 6.07) is 24.7. The third-order valence-electron chi connectivity index (χ3n) is 4.61. The van der Waals surface area contributed by atoms with Crippen LogP contribution in [0, 0.1) is 0 Å². The second kappa shape index (κ2) is 6.05. The molecule has 2 aromatic carbocycles. The lowest BCUT2D eigenvalue weighted by Crippen LogP contribution is -1.89. The molecule has 0 spiro atoms. The molecule has 0 aliphatic heterocycles. The molecule has 3 nitrogen and oxygen atoms in total. The van der Waals surface area contributed by atoms with Gasteiger partial charge in [0.05, 0.1) is 16.7 Å². The van der Waals surface area contributed by atoms with Crippen LogP contribution >= 0.6 is 0 Å². The zero-order chi connectivity index (χ0) is 17.3. The van der Waals surface area contributed by atoms with E-state index in [-0.39, 0.29) is 0 Å². The Balaban J connectivity index is 1.79. The van der Waals surface area contributed by atoms with Crippen LogP contribution in [0.25, 0.3) is 44.2 Å². The van der Waals surface area contributed by atoms with E-state index in [1.165, 1.54) is 0 Å². The van der Waals surface area contributed by atoms with Crippen LogP contribution < -0.4 is 0 Å². The molecule has 0 aliphatic rings. The first-order valence-corrected chi connectivity index (χ1v) is 8.54. The molecular formula is C23H15N3. The predicted octanol–water partition coefficient (Wildman–Crippen LogP) is 5.51. The Labute approximate surface area is 151 Å². The summed E-state index contributed by atoms with van der Waals surface area (Å²) in [6.45, 7) is 0. The number of hydrogen-bond acceptors (Lipinski definition) is 3. The predicted molar refractivity (Wildman–Crippen MR) is 106 cm³/mol. The fraction of sp³-hybridized carbons (Fsp3) is 0. The van der Waals surface area contributed by atoms with Gasteiger partial charge in [-0.05, 0) is 42.0 Å². The van der Waals surface area contributed by atoms with Crippen LogP contribution in [-0.4, -0.2) is 15.0 Å². The molecule has 0 atom stereocenters. The van der Waals surface area contributed by atoms with Gasteiger partial charge in [0.1, 0.15) is 0 Å². The summed E-state index contributed by atoms with van der Waals surface area (Å²) in [5, 5.41) is 2.25. The lowest BCUT2D eigenvalue weighted by atomic mass is 9.96. The maximum Gasteiger partial charge on any atom is 0.0787 e. The van der Waals surface area contributed by atoms with Crippen LogP contribution in [0.2, 0.25) is 0 Å². The molecule has 122 valence electrons. The van der Waals surface area contributed by atoms with E-state index in [1.54, 1.807) is 0 Å². The Morgan fingerprint density at radius 3 is 2.23 bits per heavy atom. The number of benzene rings is 2. The van der Waals surface area contributed by atoms with E-state index >= 15 is 0 Å². The summed E-state index contributed by atoms with van der Waals surface area (Å²) >= 11 is 0. The van der Waals surface area contributed by atoms with E-state index in [9.17, 15) is 0 Å². The van der Waals surface area contributed by atoms with Crippen molar-refractivity contribution in [2.24, 2.45) is 0 Å². The first-order chi connectivity index (χ1) is 12.9. The molecule has 5 rings (SSSR count). The number of pyridine rings is 3. The number of fused-ring (bicyclic) bond motifs is 3. The SMILES string of the molecule is c1ccc(-c2cccc(-c3cc4ncccc4c4cccnc34)c2)nc1. The van der Waals surface area contributed by atoms with Crippen LogP contribution in [0.5, 0.6) is 0 Å². The van der Waals surface area contributed by atoms with E-state index in [4.69, 9.17) is 0 Å². The van der Waals surface area contributed by atoms with Gasteiger partial charge in [-0.2, -0.15) is 0 Å². The Morgan fingerprint density at radius 1 is 0.538 bits per heavy atom. The van der Waals surface area contributed by atoms with E-state index in [1.807, 2.05) is 48.9 Å². The number of nitrogens with zero attached hydrogens (tertiary/aromatic N) is 3. The van der Waals surface area contributed by atoms with Crippen LogP contribution in [0.3, 0.4) is 0 Å². The van der Waals surface area contributed by atoms with Crippen LogP contribution in [0.15, 0.2) is 91.4 Å².